The maximum atomic E-state index is 13.1. The van der Waals surface area contributed by atoms with Gasteiger partial charge in [-0.3, -0.25) is 0 Å². The number of alkyl halides is 5. The molecule has 0 heterocycles. The summed E-state index contributed by atoms with van der Waals surface area (Å²) in [7, 11) is 0.867. The molecular weight excluding hydrogens is 267 g/mol. The van der Waals surface area contributed by atoms with Gasteiger partial charge in [0.15, 0.2) is 11.6 Å². The Morgan fingerprint density at radius 2 is 1.56 bits per heavy atom. The molecule has 102 valence electrons. The Morgan fingerprint density at radius 3 is 1.94 bits per heavy atom. The van der Waals surface area contributed by atoms with E-state index in [2.05, 4.69) is 0 Å². The van der Waals surface area contributed by atoms with E-state index < -0.39 is 35.3 Å². The second kappa shape index (κ2) is 4.75. The highest BCUT2D eigenvalue weighted by molar-refractivity contribution is 5.24. The lowest BCUT2D eigenvalue weighted by atomic mass is 10.00. The molecule has 1 rings (SSSR count). The molecule has 0 saturated carbocycles. The summed E-state index contributed by atoms with van der Waals surface area (Å²) in [5.41, 5.74) is -0.696. The van der Waals surface area contributed by atoms with Crippen molar-refractivity contribution in [3.8, 4) is 0 Å². The van der Waals surface area contributed by atoms with Crippen molar-refractivity contribution >= 4 is 0 Å². The molecular formula is C10H8F7N. The number of rotatable bonds is 3. The fourth-order valence-electron chi connectivity index (χ4n) is 1.41. The first-order valence-electron chi connectivity index (χ1n) is 4.68. The van der Waals surface area contributed by atoms with Crippen molar-refractivity contribution in [2.75, 3.05) is 7.05 Å². The van der Waals surface area contributed by atoms with Crippen molar-refractivity contribution in [2.45, 2.75) is 18.1 Å². The van der Waals surface area contributed by atoms with Crippen LogP contribution in [0.5, 0.6) is 0 Å². The first-order chi connectivity index (χ1) is 8.11. The van der Waals surface area contributed by atoms with Gasteiger partial charge in [0.05, 0.1) is 0 Å². The lowest BCUT2D eigenvalue weighted by molar-refractivity contribution is -0.294. The highest BCUT2D eigenvalue weighted by Crippen LogP contribution is 2.44. The monoisotopic (exact) mass is 275 g/mol. The van der Waals surface area contributed by atoms with E-state index in [0.29, 0.717) is 18.2 Å². The highest BCUT2D eigenvalue weighted by atomic mass is 19.4. The number of benzene rings is 1. The molecule has 0 aromatic heterocycles. The highest BCUT2D eigenvalue weighted by Gasteiger charge is 2.62. The Balaban J connectivity index is 3.21. The zero-order chi connectivity index (χ0) is 14.1. The van der Waals surface area contributed by atoms with E-state index >= 15 is 0 Å². The Morgan fingerprint density at radius 1 is 1.00 bits per heavy atom. The minimum atomic E-state index is -5.80. The van der Waals surface area contributed by atoms with Crippen LogP contribution in [0.4, 0.5) is 30.7 Å². The van der Waals surface area contributed by atoms with Crippen molar-refractivity contribution in [1.82, 2.24) is 5.32 Å². The summed E-state index contributed by atoms with van der Waals surface area (Å²) in [5.74, 6) is -7.93. The van der Waals surface area contributed by atoms with Crippen LogP contribution in [0.3, 0.4) is 0 Å². The molecule has 0 amide bonds. The Kier molecular flexibility index (Phi) is 3.89. The molecule has 0 bridgehead atoms. The standard InChI is InChI=1S/C10H8F7N/c1-18-8(9(13,14)10(15,16)17)5-2-3-6(11)7(12)4-5/h2-4,8,18H,1H3. The maximum Gasteiger partial charge on any atom is 0.455 e. The largest absolute Gasteiger partial charge is 0.455 e. The average Bonchev–Trinajstić information content (AvgIpc) is 2.22. The van der Waals surface area contributed by atoms with Gasteiger partial charge in [0.2, 0.25) is 0 Å². The molecule has 0 aliphatic rings. The van der Waals surface area contributed by atoms with Gasteiger partial charge in [-0.05, 0) is 24.7 Å². The minimum absolute atomic E-state index is 0.302. The Labute approximate surface area is 97.6 Å². The fourth-order valence-corrected chi connectivity index (χ4v) is 1.41. The second-order valence-electron chi connectivity index (χ2n) is 3.52. The summed E-state index contributed by atoms with van der Waals surface area (Å²) in [4.78, 5) is 0. The molecule has 1 nitrogen and oxygen atoms in total. The summed E-state index contributed by atoms with van der Waals surface area (Å²) >= 11 is 0. The predicted molar refractivity (Wildman–Crippen MR) is 49.2 cm³/mol. The zero-order valence-electron chi connectivity index (χ0n) is 8.96. The number of hydrogen-bond acceptors (Lipinski definition) is 1. The van der Waals surface area contributed by atoms with Crippen LogP contribution in [0.25, 0.3) is 0 Å². The zero-order valence-corrected chi connectivity index (χ0v) is 8.96. The summed E-state index contributed by atoms with van der Waals surface area (Å²) in [6.45, 7) is 0. The van der Waals surface area contributed by atoms with E-state index in [9.17, 15) is 30.7 Å². The Bertz CT molecular complexity index is 427. The van der Waals surface area contributed by atoms with Gasteiger partial charge < -0.3 is 5.32 Å². The van der Waals surface area contributed by atoms with Gasteiger partial charge in [0.25, 0.3) is 0 Å². The minimum Gasteiger partial charge on any atom is -0.308 e. The number of hydrogen-bond donors (Lipinski definition) is 1. The quantitative estimate of drug-likeness (QED) is 0.833. The van der Waals surface area contributed by atoms with Crippen LogP contribution in [-0.2, 0) is 0 Å². The van der Waals surface area contributed by atoms with Crippen LogP contribution in [0.15, 0.2) is 18.2 Å². The van der Waals surface area contributed by atoms with Gasteiger partial charge >= 0.3 is 12.1 Å². The fraction of sp³-hybridized carbons (Fsp3) is 0.400. The van der Waals surface area contributed by atoms with Crippen LogP contribution in [0.2, 0.25) is 0 Å². The maximum absolute atomic E-state index is 13.1. The van der Waals surface area contributed by atoms with Gasteiger partial charge in [-0.2, -0.15) is 22.0 Å². The number of halogens is 7. The first kappa shape index (κ1) is 14.7. The van der Waals surface area contributed by atoms with E-state index in [1.165, 1.54) is 0 Å². The summed E-state index contributed by atoms with van der Waals surface area (Å²) in [6.07, 6.45) is -5.80. The van der Waals surface area contributed by atoms with Crippen LogP contribution < -0.4 is 5.32 Å². The topological polar surface area (TPSA) is 12.0 Å². The molecule has 0 aliphatic carbocycles. The summed E-state index contributed by atoms with van der Waals surface area (Å²) < 4.78 is 88.2. The molecule has 0 saturated heterocycles. The predicted octanol–water partition coefficient (Wildman–Crippen LogP) is 3.42. The smallest absolute Gasteiger partial charge is 0.308 e. The van der Waals surface area contributed by atoms with Crippen LogP contribution in [0.1, 0.15) is 11.6 Å². The van der Waals surface area contributed by atoms with Gasteiger partial charge in [-0.15, -0.1) is 0 Å². The molecule has 0 radical (unpaired) electrons. The van der Waals surface area contributed by atoms with Crippen molar-refractivity contribution < 1.29 is 30.7 Å². The van der Waals surface area contributed by atoms with Crippen molar-refractivity contribution in [3.63, 3.8) is 0 Å². The van der Waals surface area contributed by atoms with Crippen LogP contribution >= 0.6 is 0 Å². The van der Waals surface area contributed by atoms with E-state index in [4.69, 9.17) is 0 Å². The SMILES string of the molecule is CNC(c1ccc(F)c(F)c1)C(F)(F)C(F)(F)F. The molecule has 1 aromatic rings. The third kappa shape index (κ3) is 2.58. The molecule has 0 aliphatic heterocycles. The molecule has 0 fully saturated rings. The average molecular weight is 275 g/mol. The second-order valence-corrected chi connectivity index (χ2v) is 3.52. The summed E-state index contributed by atoms with van der Waals surface area (Å²) in [6, 6.07) is -1.04. The first-order valence-corrected chi connectivity index (χ1v) is 4.68. The molecule has 1 atom stereocenters. The molecule has 18 heavy (non-hydrogen) atoms. The third-order valence-corrected chi connectivity index (χ3v) is 2.31. The number of nitrogens with one attached hydrogen (secondary N) is 1. The van der Waals surface area contributed by atoms with Gasteiger partial charge in [-0.1, -0.05) is 6.07 Å². The molecule has 1 N–H and O–H groups in total. The van der Waals surface area contributed by atoms with Crippen molar-refractivity contribution in [2.24, 2.45) is 0 Å². The van der Waals surface area contributed by atoms with E-state index in [1.54, 1.807) is 5.32 Å². The molecule has 8 heteroatoms. The third-order valence-electron chi connectivity index (χ3n) is 2.31. The normalized spacial score (nSPS) is 14.7. The molecule has 0 spiro atoms. The lowest BCUT2D eigenvalue weighted by Crippen LogP contribution is -2.47. The molecule has 1 aromatic carbocycles. The van der Waals surface area contributed by atoms with Crippen molar-refractivity contribution in [3.05, 3.63) is 35.4 Å². The summed E-state index contributed by atoms with van der Waals surface area (Å²) in [5, 5.41) is 1.75. The van der Waals surface area contributed by atoms with E-state index in [0.717, 1.165) is 7.05 Å². The van der Waals surface area contributed by atoms with Crippen LogP contribution in [-0.4, -0.2) is 19.1 Å². The van der Waals surface area contributed by atoms with Crippen LogP contribution in [0, 0.1) is 11.6 Å². The lowest BCUT2D eigenvalue weighted by Gasteiger charge is -2.28. The van der Waals surface area contributed by atoms with E-state index in [1.807, 2.05) is 0 Å². The van der Waals surface area contributed by atoms with Crippen molar-refractivity contribution in [1.29, 1.82) is 0 Å². The Hall–Kier alpha value is -1.31. The van der Waals surface area contributed by atoms with E-state index in [-0.39, 0.29) is 0 Å². The van der Waals surface area contributed by atoms with Gasteiger partial charge in [0, 0.05) is 0 Å². The van der Waals surface area contributed by atoms with Gasteiger partial charge in [-0.25, -0.2) is 8.78 Å². The molecule has 1 unspecified atom stereocenters. The van der Waals surface area contributed by atoms with Gasteiger partial charge in [0.1, 0.15) is 6.04 Å².